The maximum atomic E-state index is 3.65. The summed E-state index contributed by atoms with van der Waals surface area (Å²) in [6.45, 7) is 3.65. The van der Waals surface area contributed by atoms with Crippen molar-refractivity contribution in [2.24, 2.45) is 0 Å². The minimum atomic E-state index is 0.595. The van der Waals surface area contributed by atoms with E-state index in [2.05, 4.69) is 41.5 Å². The molecule has 0 radical (unpaired) electrons. The molecular weight excluding hydrogens is 220 g/mol. The van der Waals surface area contributed by atoms with Crippen LogP contribution in [0.3, 0.4) is 0 Å². The molecule has 2 aliphatic rings. The summed E-state index contributed by atoms with van der Waals surface area (Å²) >= 11 is 0. The van der Waals surface area contributed by atoms with Crippen LogP contribution in [0.5, 0.6) is 0 Å². The summed E-state index contributed by atoms with van der Waals surface area (Å²) < 4.78 is 0. The van der Waals surface area contributed by atoms with E-state index in [0.717, 1.165) is 5.92 Å². The molecule has 0 saturated carbocycles. The van der Waals surface area contributed by atoms with Crippen molar-refractivity contribution in [3.05, 3.63) is 35.4 Å². The predicted molar refractivity (Wildman–Crippen MR) is 75.9 cm³/mol. The Morgan fingerprint density at radius 3 is 2.78 bits per heavy atom. The molecule has 2 heterocycles. The van der Waals surface area contributed by atoms with E-state index in [1.807, 2.05) is 0 Å². The standard InChI is InChI=1S/C16H24N2/c1-18-10-8-15(12-18)13-5-4-6-14(11-13)16-7-2-3-9-17-16/h4-6,11,15-17H,2-3,7-10,12H2,1H3. The number of nitrogens with one attached hydrogen (secondary N) is 1. The number of likely N-dealkylation sites (tertiary alicyclic amines) is 1. The predicted octanol–water partition coefficient (Wildman–Crippen LogP) is 2.92. The molecule has 1 aromatic rings. The zero-order valence-corrected chi connectivity index (χ0v) is 11.4. The van der Waals surface area contributed by atoms with Crippen LogP contribution in [-0.4, -0.2) is 31.6 Å². The maximum absolute atomic E-state index is 3.65. The highest BCUT2D eigenvalue weighted by molar-refractivity contribution is 5.29. The minimum absolute atomic E-state index is 0.595. The van der Waals surface area contributed by atoms with E-state index < -0.39 is 0 Å². The van der Waals surface area contributed by atoms with Crippen molar-refractivity contribution in [3.63, 3.8) is 0 Å². The molecule has 1 aromatic carbocycles. The monoisotopic (exact) mass is 244 g/mol. The van der Waals surface area contributed by atoms with Crippen molar-refractivity contribution in [2.45, 2.75) is 37.6 Å². The Morgan fingerprint density at radius 1 is 1.17 bits per heavy atom. The molecule has 2 atom stereocenters. The number of likely N-dealkylation sites (N-methyl/N-ethyl adjacent to an activating group) is 1. The number of benzene rings is 1. The first-order chi connectivity index (χ1) is 8.83. The second-order valence-corrected chi connectivity index (χ2v) is 5.92. The number of rotatable bonds is 2. The average molecular weight is 244 g/mol. The van der Waals surface area contributed by atoms with Crippen molar-refractivity contribution in [3.8, 4) is 0 Å². The lowest BCUT2D eigenvalue weighted by Gasteiger charge is -2.24. The molecular formula is C16H24N2. The zero-order chi connectivity index (χ0) is 12.4. The summed E-state index contributed by atoms with van der Waals surface area (Å²) in [5, 5.41) is 3.65. The number of hydrogen-bond acceptors (Lipinski definition) is 2. The van der Waals surface area contributed by atoms with E-state index >= 15 is 0 Å². The van der Waals surface area contributed by atoms with Crippen LogP contribution in [0, 0.1) is 0 Å². The topological polar surface area (TPSA) is 15.3 Å². The molecule has 18 heavy (non-hydrogen) atoms. The van der Waals surface area contributed by atoms with Crippen molar-refractivity contribution in [1.29, 1.82) is 0 Å². The Bertz CT molecular complexity index is 376. The highest BCUT2D eigenvalue weighted by atomic mass is 15.1. The molecule has 0 amide bonds. The molecule has 0 aliphatic carbocycles. The summed E-state index contributed by atoms with van der Waals surface area (Å²) in [7, 11) is 2.23. The van der Waals surface area contributed by atoms with Gasteiger partial charge in [-0.05, 0) is 56.4 Å². The zero-order valence-electron chi connectivity index (χ0n) is 11.4. The van der Waals surface area contributed by atoms with E-state index in [9.17, 15) is 0 Å². The van der Waals surface area contributed by atoms with Gasteiger partial charge < -0.3 is 10.2 Å². The maximum Gasteiger partial charge on any atom is 0.0320 e. The Labute approximate surface area is 110 Å². The fraction of sp³-hybridized carbons (Fsp3) is 0.625. The van der Waals surface area contributed by atoms with Gasteiger partial charge >= 0.3 is 0 Å². The lowest BCUT2D eigenvalue weighted by Crippen LogP contribution is -2.26. The Hall–Kier alpha value is -0.860. The summed E-state index contributed by atoms with van der Waals surface area (Å²) in [4.78, 5) is 2.44. The van der Waals surface area contributed by atoms with Crippen LogP contribution in [0.4, 0.5) is 0 Å². The number of hydrogen-bond donors (Lipinski definition) is 1. The fourth-order valence-electron chi connectivity index (χ4n) is 3.37. The third kappa shape index (κ3) is 2.60. The number of nitrogens with zero attached hydrogens (tertiary/aromatic N) is 1. The molecule has 2 unspecified atom stereocenters. The van der Waals surface area contributed by atoms with Crippen LogP contribution in [0.15, 0.2) is 24.3 Å². The SMILES string of the molecule is CN1CCC(c2cccc(C3CCCCN3)c2)C1. The lowest BCUT2D eigenvalue weighted by atomic mass is 9.92. The van der Waals surface area contributed by atoms with Crippen LogP contribution < -0.4 is 5.32 Å². The molecule has 2 fully saturated rings. The van der Waals surface area contributed by atoms with E-state index in [-0.39, 0.29) is 0 Å². The van der Waals surface area contributed by atoms with Gasteiger partial charge in [0.05, 0.1) is 0 Å². The van der Waals surface area contributed by atoms with Crippen LogP contribution >= 0.6 is 0 Å². The van der Waals surface area contributed by atoms with Gasteiger partial charge in [0.1, 0.15) is 0 Å². The Kier molecular flexibility index (Phi) is 3.67. The number of piperidine rings is 1. The van der Waals surface area contributed by atoms with Gasteiger partial charge in [-0.25, -0.2) is 0 Å². The van der Waals surface area contributed by atoms with Crippen LogP contribution in [-0.2, 0) is 0 Å². The van der Waals surface area contributed by atoms with Gasteiger partial charge in [-0.1, -0.05) is 30.7 Å². The average Bonchev–Trinajstić information content (AvgIpc) is 2.87. The first kappa shape index (κ1) is 12.2. The van der Waals surface area contributed by atoms with Gasteiger partial charge in [-0.3, -0.25) is 0 Å². The fourth-order valence-corrected chi connectivity index (χ4v) is 3.37. The summed E-state index contributed by atoms with van der Waals surface area (Å²) in [5.74, 6) is 0.749. The molecule has 2 saturated heterocycles. The van der Waals surface area contributed by atoms with E-state index in [1.165, 1.54) is 50.9 Å². The lowest BCUT2D eigenvalue weighted by molar-refractivity contribution is 0.409. The van der Waals surface area contributed by atoms with Crippen molar-refractivity contribution in [1.82, 2.24) is 10.2 Å². The van der Waals surface area contributed by atoms with Gasteiger partial charge in [-0.15, -0.1) is 0 Å². The van der Waals surface area contributed by atoms with Gasteiger partial charge in [0.15, 0.2) is 0 Å². The molecule has 0 bridgehead atoms. The molecule has 2 heteroatoms. The molecule has 2 aliphatic heterocycles. The van der Waals surface area contributed by atoms with Crippen LogP contribution in [0.1, 0.15) is 48.8 Å². The third-order valence-corrected chi connectivity index (χ3v) is 4.49. The molecule has 3 rings (SSSR count). The third-order valence-electron chi connectivity index (χ3n) is 4.49. The molecule has 0 spiro atoms. The molecule has 0 aromatic heterocycles. The van der Waals surface area contributed by atoms with E-state index in [4.69, 9.17) is 0 Å². The second-order valence-electron chi connectivity index (χ2n) is 5.92. The Balaban J connectivity index is 1.76. The van der Waals surface area contributed by atoms with Crippen molar-refractivity contribution < 1.29 is 0 Å². The van der Waals surface area contributed by atoms with Gasteiger partial charge in [0.2, 0.25) is 0 Å². The smallest absolute Gasteiger partial charge is 0.0320 e. The molecule has 2 nitrogen and oxygen atoms in total. The van der Waals surface area contributed by atoms with Gasteiger partial charge in [0, 0.05) is 12.6 Å². The normalized spacial score (nSPS) is 29.6. The summed E-state index contributed by atoms with van der Waals surface area (Å²) in [5.41, 5.74) is 3.05. The van der Waals surface area contributed by atoms with E-state index in [0.29, 0.717) is 6.04 Å². The van der Waals surface area contributed by atoms with Gasteiger partial charge in [0.25, 0.3) is 0 Å². The summed E-state index contributed by atoms with van der Waals surface area (Å²) in [6.07, 6.45) is 5.32. The minimum Gasteiger partial charge on any atom is -0.310 e. The largest absolute Gasteiger partial charge is 0.310 e. The summed E-state index contributed by atoms with van der Waals surface area (Å²) in [6, 6.07) is 9.91. The van der Waals surface area contributed by atoms with Crippen LogP contribution in [0.2, 0.25) is 0 Å². The first-order valence-corrected chi connectivity index (χ1v) is 7.35. The van der Waals surface area contributed by atoms with Gasteiger partial charge in [-0.2, -0.15) is 0 Å². The molecule has 1 N–H and O–H groups in total. The quantitative estimate of drug-likeness (QED) is 0.860. The second kappa shape index (κ2) is 5.41. The highest BCUT2D eigenvalue weighted by Gasteiger charge is 2.22. The highest BCUT2D eigenvalue weighted by Crippen LogP contribution is 2.30. The van der Waals surface area contributed by atoms with Crippen molar-refractivity contribution >= 4 is 0 Å². The molecule has 98 valence electrons. The first-order valence-electron chi connectivity index (χ1n) is 7.35. The van der Waals surface area contributed by atoms with Crippen LogP contribution in [0.25, 0.3) is 0 Å². The Morgan fingerprint density at radius 2 is 2.06 bits per heavy atom. The van der Waals surface area contributed by atoms with Crippen molar-refractivity contribution in [2.75, 3.05) is 26.7 Å². The van der Waals surface area contributed by atoms with E-state index in [1.54, 1.807) is 5.56 Å².